The summed E-state index contributed by atoms with van der Waals surface area (Å²) in [5, 5.41) is 0. The molecule has 4 heteroatoms. The van der Waals surface area contributed by atoms with Crippen LogP contribution in [0.4, 0.5) is 11.6 Å². The van der Waals surface area contributed by atoms with Crippen LogP contribution in [-0.4, -0.2) is 29.9 Å². The zero-order chi connectivity index (χ0) is 18.6. The van der Waals surface area contributed by atoms with Gasteiger partial charge in [-0.2, -0.15) is 0 Å². The lowest BCUT2D eigenvalue weighted by Crippen LogP contribution is -2.08. The van der Waals surface area contributed by atoms with E-state index in [4.69, 9.17) is 9.98 Å². The van der Waals surface area contributed by atoms with Gasteiger partial charge in [0.15, 0.2) is 0 Å². The van der Waals surface area contributed by atoms with E-state index >= 15 is 0 Å². The van der Waals surface area contributed by atoms with Crippen LogP contribution in [0.15, 0.2) is 83.9 Å². The fourth-order valence-corrected chi connectivity index (χ4v) is 3.07. The summed E-state index contributed by atoms with van der Waals surface area (Å²) < 4.78 is 2.16. The highest BCUT2D eigenvalue weighted by Crippen LogP contribution is 2.23. The van der Waals surface area contributed by atoms with Gasteiger partial charge in [-0.3, -0.25) is 0 Å². The molecular formula is C23H22N4. The van der Waals surface area contributed by atoms with Gasteiger partial charge in [-0.15, -0.1) is 0 Å². The topological polar surface area (TPSA) is 33.4 Å². The maximum atomic E-state index is 4.73. The van der Waals surface area contributed by atoms with E-state index in [1.165, 1.54) is 11.3 Å². The number of hydrogen-bond donors (Lipinski definition) is 0. The molecule has 0 atom stereocenters. The van der Waals surface area contributed by atoms with Gasteiger partial charge in [0.2, 0.25) is 5.95 Å². The molecule has 134 valence electrons. The molecule has 0 aliphatic carbocycles. The lowest BCUT2D eigenvalue weighted by molar-refractivity contribution is 0.827. The summed E-state index contributed by atoms with van der Waals surface area (Å²) in [5.74, 6) is 0.719. The van der Waals surface area contributed by atoms with Gasteiger partial charge < -0.3 is 9.47 Å². The molecule has 0 radical (unpaired) electrons. The maximum Gasteiger partial charge on any atom is 0.230 e. The van der Waals surface area contributed by atoms with E-state index in [2.05, 4.69) is 64.1 Å². The van der Waals surface area contributed by atoms with Gasteiger partial charge in [0.25, 0.3) is 0 Å². The number of para-hydroxylation sites is 2. The van der Waals surface area contributed by atoms with Crippen molar-refractivity contribution in [2.24, 2.45) is 4.99 Å². The summed E-state index contributed by atoms with van der Waals surface area (Å²) in [6.45, 7) is 0.744. The summed E-state index contributed by atoms with van der Waals surface area (Å²) in [7, 11) is 4.07. The molecule has 0 unspecified atom stereocenters. The van der Waals surface area contributed by atoms with Crippen molar-refractivity contribution >= 4 is 28.9 Å². The average Bonchev–Trinajstić information content (AvgIpc) is 3.05. The Morgan fingerprint density at radius 2 is 1.59 bits per heavy atom. The smallest absolute Gasteiger partial charge is 0.230 e. The van der Waals surface area contributed by atoms with E-state index in [-0.39, 0.29) is 0 Å². The fourth-order valence-electron chi connectivity index (χ4n) is 3.07. The Hall–Kier alpha value is -3.40. The number of aliphatic imine (C=N–C) groups is 1. The molecule has 4 aromatic rings. The van der Waals surface area contributed by atoms with Crippen molar-refractivity contribution < 1.29 is 0 Å². The number of benzene rings is 3. The van der Waals surface area contributed by atoms with E-state index in [0.717, 1.165) is 29.1 Å². The molecule has 0 N–H and O–H groups in total. The van der Waals surface area contributed by atoms with Gasteiger partial charge in [0.05, 0.1) is 17.6 Å². The van der Waals surface area contributed by atoms with Crippen molar-refractivity contribution in [1.29, 1.82) is 0 Å². The second-order valence-electron chi connectivity index (χ2n) is 6.72. The number of anilines is 1. The summed E-state index contributed by atoms with van der Waals surface area (Å²) >= 11 is 0. The Bertz CT molecular complexity index is 1060. The number of imidazole rings is 1. The van der Waals surface area contributed by atoms with E-state index in [9.17, 15) is 0 Å². The predicted octanol–water partition coefficient (Wildman–Crippen LogP) is 4.90. The summed E-state index contributed by atoms with van der Waals surface area (Å²) in [6, 6.07) is 26.9. The Morgan fingerprint density at radius 1 is 0.889 bits per heavy atom. The van der Waals surface area contributed by atoms with Crippen molar-refractivity contribution in [2.45, 2.75) is 6.54 Å². The van der Waals surface area contributed by atoms with Gasteiger partial charge in [0.1, 0.15) is 0 Å². The van der Waals surface area contributed by atoms with Crippen LogP contribution in [0.25, 0.3) is 11.0 Å². The molecule has 0 bridgehead atoms. The Morgan fingerprint density at radius 3 is 2.33 bits per heavy atom. The highest BCUT2D eigenvalue weighted by Gasteiger charge is 2.09. The number of fused-ring (bicyclic) bond motifs is 1. The first-order valence-corrected chi connectivity index (χ1v) is 9.01. The fraction of sp³-hybridized carbons (Fsp3) is 0.130. The molecule has 4 rings (SSSR count). The zero-order valence-corrected chi connectivity index (χ0v) is 15.6. The monoisotopic (exact) mass is 354 g/mol. The van der Waals surface area contributed by atoms with Gasteiger partial charge in [-0.05, 0) is 35.4 Å². The van der Waals surface area contributed by atoms with Crippen molar-refractivity contribution in [3.63, 3.8) is 0 Å². The molecule has 0 spiro atoms. The molecule has 0 aliphatic rings. The molecule has 0 aliphatic heterocycles. The summed E-state index contributed by atoms with van der Waals surface area (Å²) in [6.07, 6.45) is 1.88. The van der Waals surface area contributed by atoms with Crippen molar-refractivity contribution in [3.8, 4) is 0 Å². The molecule has 4 nitrogen and oxygen atoms in total. The van der Waals surface area contributed by atoms with Crippen LogP contribution < -0.4 is 4.90 Å². The minimum absolute atomic E-state index is 0.719. The van der Waals surface area contributed by atoms with Crippen molar-refractivity contribution in [3.05, 3.63) is 90.0 Å². The van der Waals surface area contributed by atoms with Gasteiger partial charge >= 0.3 is 0 Å². The zero-order valence-electron chi connectivity index (χ0n) is 15.6. The predicted molar refractivity (Wildman–Crippen MR) is 113 cm³/mol. The maximum absolute atomic E-state index is 4.73. The van der Waals surface area contributed by atoms with E-state index in [1.54, 1.807) is 0 Å². The standard InChI is InChI=1S/C23H22N4/c1-26(2)20-14-12-18(13-15-20)16-24-23-25-21-10-6-7-11-22(21)27(23)17-19-8-4-3-5-9-19/h3-16H,17H2,1-2H3/b24-16-. The van der Waals surface area contributed by atoms with Gasteiger partial charge in [-0.1, -0.05) is 54.6 Å². The molecule has 0 amide bonds. The first kappa shape index (κ1) is 17.0. The van der Waals surface area contributed by atoms with Crippen molar-refractivity contribution in [2.75, 3.05) is 19.0 Å². The van der Waals surface area contributed by atoms with E-state index in [1.807, 2.05) is 44.6 Å². The summed E-state index contributed by atoms with van der Waals surface area (Å²) in [5.41, 5.74) is 5.51. The largest absolute Gasteiger partial charge is 0.378 e. The third kappa shape index (κ3) is 3.75. The van der Waals surface area contributed by atoms with E-state index in [0.29, 0.717) is 0 Å². The first-order chi connectivity index (χ1) is 13.2. The van der Waals surface area contributed by atoms with Crippen LogP contribution in [0.3, 0.4) is 0 Å². The quantitative estimate of drug-likeness (QED) is 0.478. The molecule has 3 aromatic carbocycles. The van der Waals surface area contributed by atoms with Crippen molar-refractivity contribution in [1.82, 2.24) is 9.55 Å². The van der Waals surface area contributed by atoms with E-state index < -0.39 is 0 Å². The SMILES string of the molecule is CN(C)c1ccc(/C=N\c2nc3ccccc3n2Cc2ccccc2)cc1. The molecular weight excluding hydrogens is 332 g/mol. The first-order valence-electron chi connectivity index (χ1n) is 9.01. The Balaban J connectivity index is 1.69. The third-order valence-corrected chi connectivity index (χ3v) is 4.56. The molecule has 27 heavy (non-hydrogen) atoms. The van der Waals surface area contributed by atoms with Crippen LogP contribution in [0.2, 0.25) is 0 Å². The number of nitrogens with zero attached hydrogens (tertiary/aromatic N) is 4. The number of rotatable bonds is 5. The van der Waals surface area contributed by atoms with Crippen LogP contribution in [0, 0.1) is 0 Å². The lowest BCUT2D eigenvalue weighted by atomic mass is 10.2. The minimum atomic E-state index is 0.719. The second-order valence-corrected chi connectivity index (χ2v) is 6.72. The highest BCUT2D eigenvalue weighted by atomic mass is 15.2. The average molecular weight is 354 g/mol. The second kappa shape index (κ2) is 7.46. The molecule has 0 fully saturated rings. The highest BCUT2D eigenvalue weighted by molar-refractivity contribution is 5.84. The molecule has 1 aromatic heterocycles. The lowest BCUT2D eigenvalue weighted by Gasteiger charge is -2.11. The van der Waals surface area contributed by atoms with Crippen LogP contribution in [-0.2, 0) is 6.54 Å². The van der Waals surface area contributed by atoms with Gasteiger partial charge in [0, 0.05) is 26.0 Å². The molecule has 0 saturated heterocycles. The minimum Gasteiger partial charge on any atom is -0.378 e. The Kier molecular flexibility index (Phi) is 4.71. The van der Waals surface area contributed by atoms with Crippen LogP contribution >= 0.6 is 0 Å². The summed E-state index contributed by atoms with van der Waals surface area (Å²) in [4.78, 5) is 11.5. The Labute approximate surface area is 159 Å². The third-order valence-electron chi connectivity index (χ3n) is 4.56. The number of aromatic nitrogens is 2. The molecule has 1 heterocycles. The van der Waals surface area contributed by atoms with Crippen LogP contribution in [0.5, 0.6) is 0 Å². The normalized spacial score (nSPS) is 11.3. The number of hydrogen-bond acceptors (Lipinski definition) is 3. The molecule has 0 saturated carbocycles. The van der Waals surface area contributed by atoms with Gasteiger partial charge in [-0.25, -0.2) is 9.98 Å². The van der Waals surface area contributed by atoms with Crippen LogP contribution in [0.1, 0.15) is 11.1 Å².